The number of carbonyl (C=O) groups is 1. The summed E-state index contributed by atoms with van der Waals surface area (Å²) in [6, 6.07) is 9.94. The SMILES string of the molecule is COc1ccc(CN2CC3CC2C3NC(=O)CCCc2cccs2)cc1F. The van der Waals surface area contributed by atoms with E-state index in [1.165, 1.54) is 12.0 Å². The highest BCUT2D eigenvalue weighted by molar-refractivity contribution is 7.09. The fourth-order valence-electron chi connectivity index (χ4n) is 4.30. The molecule has 6 heteroatoms. The van der Waals surface area contributed by atoms with Crippen molar-refractivity contribution in [1.82, 2.24) is 10.2 Å². The van der Waals surface area contributed by atoms with Gasteiger partial charge in [-0.1, -0.05) is 12.1 Å². The maximum atomic E-state index is 13.9. The average molecular weight is 389 g/mol. The molecule has 2 aliphatic heterocycles. The van der Waals surface area contributed by atoms with Gasteiger partial charge in [-0.05, 0) is 54.3 Å². The first-order chi connectivity index (χ1) is 13.1. The Balaban J connectivity index is 1.25. The smallest absolute Gasteiger partial charge is 0.220 e. The topological polar surface area (TPSA) is 41.6 Å². The summed E-state index contributed by atoms with van der Waals surface area (Å²) in [5.41, 5.74) is 0.946. The van der Waals surface area contributed by atoms with Crippen LogP contribution in [0.5, 0.6) is 5.75 Å². The molecule has 1 aromatic heterocycles. The summed E-state index contributed by atoms with van der Waals surface area (Å²) in [5.74, 6) is 0.636. The molecule has 27 heavy (non-hydrogen) atoms. The van der Waals surface area contributed by atoms with E-state index in [9.17, 15) is 9.18 Å². The summed E-state index contributed by atoms with van der Waals surface area (Å²) in [6.45, 7) is 1.69. The van der Waals surface area contributed by atoms with Crippen molar-refractivity contribution in [2.24, 2.45) is 5.92 Å². The number of aryl methyl sites for hydroxylation is 1. The second-order valence-electron chi connectivity index (χ2n) is 7.49. The number of rotatable bonds is 8. The minimum Gasteiger partial charge on any atom is -0.494 e. The van der Waals surface area contributed by atoms with Gasteiger partial charge >= 0.3 is 0 Å². The fraction of sp³-hybridized carbons (Fsp3) is 0.476. The summed E-state index contributed by atoms with van der Waals surface area (Å²) in [4.78, 5) is 16.0. The highest BCUT2D eigenvalue weighted by atomic mass is 32.1. The molecule has 1 aliphatic carbocycles. The van der Waals surface area contributed by atoms with E-state index >= 15 is 0 Å². The van der Waals surface area contributed by atoms with Crippen LogP contribution in [0.15, 0.2) is 35.7 Å². The third kappa shape index (κ3) is 4.01. The Bertz CT molecular complexity index is 795. The first kappa shape index (κ1) is 18.4. The van der Waals surface area contributed by atoms with Crippen LogP contribution in [-0.2, 0) is 17.8 Å². The zero-order valence-corrected chi connectivity index (χ0v) is 16.3. The molecule has 144 valence electrons. The van der Waals surface area contributed by atoms with E-state index in [2.05, 4.69) is 27.7 Å². The largest absolute Gasteiger partial charge is 0.494 e. The molecule has 3 heterocycles. The number of nitrogens with one attached hydrogen (secondary N) is 1. The molecular formula is C21H25FN2O2S. The van der Waals surface area contributed by atoms with Crippen LogP contribution < -0.4 is 10.1 Å². The van der Waals surface area contributed by atoms with Crippen LogP contribution in [0.25, 0.3) is 0 Å². The summed E-state index contributed by atoms with van der Waals surface area (Å²) < 4.78 is 18.9. The number of nitrogens with zero attached hydrogens (tertiary/aromatic N) is 1. The fourth-order valence-corrected chi connectivity index (χ4v) is 5.05. The Morgan fingerprint density at radius 3 is 3.04 bits per heavy atom. The first-order valence-electron chi connectivity index (χ1n) is 9.52. The number of amides is 1. The highest BCUT2D eigenvalue weighted by Crippen LogP contribution is 2.42. The molecule has 3 unspecified atom stereocenters. The third-order valence-corrected chi connectivity index (χ3v) is 6.68. The number of methoxy groups -OCH3 is 1. The van der Waals surface area contributed by atoms with Gasteiger partial charge in [0.25, 0.3) is 0 Å². The summed E-state index contributed by atoms with van der Waals surface area (Å²) in [5, 5.41) is 5.31. The van der Waals surface area contributed by atoms with Gasteiger partial charge in [-0.25, -0.2) is 4.39 Å². The standard InChI is InChI=1S/C21H25FN2O2S/c1-26-19-8-7-14(10-17(19)22)12-24-13-15-11-18(24)21(15)23-20(25)6-2-4-16-5-3-9-27-16/h3,5,7-10,15,18,21H,2,4,6,11-13H2,1H3,(H,23,25). The van der Waals surface area contributed by atoms with E-state index in [0.717, 1.165) is 31.4 Å². The molecule has 1 aromatic carbocycles. The van der Waals surface area contributed by atoms with Crippen molar-refractivity contribution >= 4 is 17.2 Å². The van der Waals surface area contributed by atoms with Crippen LogP contribution in [0.4, 0.5) is 4.39 Å². The maximum Gasteiger partial charge on any atom is 0.220 e. The molecule has 0 spiro atoms. The van der Waals surface area contributed by atoms with Gasteiger partial charge in [0.15, 0.2) is 11.6 Å². The number of ether oxygens (including phenoxy) is 1. The lowest BCUT2D eigenvalue weighted by Gasteiger charge is -2.37. The second kappa shape index (κ2) is 7.98. The van der Waals surface area contributed by atoms with Crippen LogP contribution in [0.3, 0.4) is 0 Å². The molecule has 2 saturated heterocycles. The monoisotopic (exact) mass is 388 g/mol. The lowest BCUT2D eigenvalue weighted by molar-refractivity contribution is -0.123. The number of hydrogen-bond donors (Lipinski definition) is 1. The summed E-state index contributed by atoms with van der Waals surface area (Å²) in [6.07, 6.45) is 3.57. The van der Waals surface area contributed by atoms with E-state index < -0.39 is 0 Å². The number of thiophene rings is 1. The molecule has 4 nitrogen and oxygen atoms in total. The average Bonchev–Trinajstić information content (AvgIpc) is 3.36. The van der Waals surface area contributed by atoms with Crippen LogP contribution >= 0.6 is 11.3 Å². The van der Waals surface area contributed by atoms with E-state index in [-0.39, 0.29) is 23.5 Å². The zero-order valence-electron chi connectivity index (χ0n) is 15.5. The van der Waals surface area contributed by atoms with Gasteiger partial charge in [0.2, 0.25) is 5.91 Å². The molecule has 3 fully saturated rings. The van der Waals surface area contributed by atoms with Crippen molar-refractivity contribution in [2.45, 2.75) is 44.3 Å². The number of hydrogen-bond acceptors (Lipinski definition) is 4. The molecule has 2 aromatic rings. The predicted octanol–water partition coefficient (Wildman–Crippen LogP) is 3.61. The Hall–Kier alpha value is -1.92. The number of carbonyl (C=O) groups excluding carboxylic acids is 1. The van der Waals surface area contributed by atoms with Crippen LogP contribution in [0, 0.1) is 11.7 Å². The van der Waals surface area contributed by atoms with Gasteiger partial charge in [0.05, 0.1) is 7.11 Å². The Morgan fingerprint density at radius 1 is 1.41 bits per heavy atom. The molecule has 5 rings (SSSR count). The predicted molar refractivity (Wildman–Crippen MR) is 104 cm³/mol. The normalized spacial score (nSPS) is 23.9. The van der Waals surface area contributed by atoms with Crippen LogP contribution in [-0.4, -0.2) is 36.5 Å². The highest BCUT2D eigenvalue weighted by Gasteiger charge is 2.52. The molecule has 2 bridgehead atoms. The molecular weight excluding hydrogens is 363 g/mol. The van der Waals surface area contributed by atoms with Crippen LogP contribution in [0.1, 0.15) is 29.7 Å². The van der Waals surface area contributed by atoms with Gasteiger partial charge in [0.1, 0.15) is 0 Å². The zero-order chi connectivity index (χ0) is 18.8. The molecule has 1 saturated carbocycles. The molecule has 1 N–H and O–H groups in total. The van der Waals surface area contributed by atoms with Crippen molar-refractivity contribution in [1.29, 1.82) is 0 Å². The Kier molecular flexibility index (Phi) is 5.45. The molecule has 3 aliphatic rings. The maximum absolute atomic E-state index is 13.9. The first-order valence-corrected chi connectivity index (χ1v) is 10.4. The van der Waals surface area contributed by atoms with Crippen molar-refractivity contribution in [3.05, 3.63) is 52.0 Å². The van der Waals surface area contributed by atoms with Gasteiger partial charge in [-0.15, -0.1) is 11.3 Å². The molecule has 0 radical (unpaired) electrons. The van der Waals surface area contributed by atoms with Crippen molar-refractivity contribution in [3.63, 3.8) is 0 Å². The minimum atomic E-state index is -0.322. The van der Waals surface area contributed by atoms with Gasteiger partial charge in [0, 0.05) is 36.5 Å². The molecule has 3 atom stereocenters. The van der Waals surface area contributed by atoms with Gasteiger partial charge in [-0.2, -0.15) is 0 Å². The van der Waals surface area contributed by atoms with Crippen molar-refractivity contribution in [2.75, 3.05) is 13.7 Å². The van der Waals surface area contributed by atoms with Crippen LogP contribution in [0.2, 0.25) is 0 Å². The Labute approximate surface area is 163 Å². The van der Waals surface area contributed by atoms with Crippen molar-refractivity contribution < 1.29 is 13.9 Å². The van der Waals surface area contributed by atoms with E-state index in [0.29, 0.717) is 24.9 Å². The molecule has 1 amide bonds. The summed E-state index contributed by atoms with van der Waals surface area (Å²) in [7, 11) is 1.47. The summed E-state index contributed by atoms with van der Waals surface area (Å²) >= 11 is 1.75. The van der Waals surface area contributed by atoms with E-state index in [1.54, 1.807) is 23.5 Å². The quantitative estimate of drug-likeness (QED) is 0.751. The number of benzene rings is 1. The second-order valence-corrected chi connectivity index (χ2v) is 8.52. The third-order valence-electron chi connectivity index (χ3n) is 5.74. The lowest BCUT2D eigenvalue weighted by atomic mass is 9.80. The minimum absolute atomic E-state index is 0.156. The van der Waals surface area contributed by atoms with E-state index in [1.807, 2.05) is 6.07 Å². The Morgan fingerprint density at radius 2 is 2.30 bits per heavy atom. The van der Waals surface area contributed by atoms with Gasteiger partial charge in [-0.3, -0.25) is 9.69 Å². The van der Waals surface area contributed by atoms with Crippen molar-refractivity contribution in [3.8, 4) is 5.75 Å². The van der Waals surface area contributed by atoms with Gasteiger partial charge < -0.3 is 10.1 Å². The lowest BCUT2D eigenvalue weighted by Crippen LogP contribution is -2.54. The number of fused-ring (bicyclic) bond motifs is 1. The number of halogens is 1. The van der Waals surface area contributed by atoms with E-state index in [4.69, 9.17) is 4.74 Å².